The molecule has 0 bridgehead atoms. The molecule has 1 N–H and O–H groups in total. The van der Waals surface area contributed by atoms with Crippen LogP contribution in [0.4, 0.5) is 5.69 Å². The summed E-state index contributed by atoms with van der Waals surface area (Å²) in [6.45, 7) is 1.88. The molecule has 2 aromatic carbocycles. The van der Waals surface area contributed by atoms with Crippen LogP contribution in [0.15, 0.2) is 47.5 Å². The second-order valence-electron chi connectivity index (χ2n) is 6.43. The van der Waals surface area contributed by atoms with Crippen molar-refractivity contribution in [2.75, 3.05) is 32.4 Å². The number of aromatic nitrogens is 2. The Balaban J connectivity index is 1.71. The number of carbonyl (C=O) groups is 1. The van der Waals surface area contributed by atoms with Crippen molar-refractivity contribution in [1.29, 1.82) is 0 Å². The molecule has 0 fully saturated rings. The Hall–Kier alpha value is -2.97. The summed E-state index contributed by atoms with van der Waals surface area (Å²) in [6, 6.07) is 12.5. The van der Waals surface area contributed by atoms with Crippen molar-refractivity contribution in [2.24, 2.45) is 0 Å². The second-order valence-corrected chi connectivity index (χ2v) is 7.86. The first-order valence-electron chi connectivity index (χ1n) is 9.27. The monoisotopic (exact) mass is 459 g/mol. The van der Waals surface area contributed by atoms with Gasteiger partial charge < -0.3 is 19.5 Å². The summed E-state index contributed by atoms with van der Waals surface area (Å²) in [5.74, 6) is 1.92. The van der Waals surface area contributed by atoms with Crippen molar-refractivity contribution in [2.45, 2.75) is 11.9 Å². The first kappa shape index (κ1) is 22.7. The Morgan fingerprint density at radius 1 is 1.03 bits per heavy atom. The predicted molar refractivity (Wildman–Crippen MR) is 123 cm³/mol. The van der Waals surface area contributed by atoms with Crippen LogP contribution in [0, 0.1) is 6.92 Å². The van der Waals surface area contributed by atoms with E-state index >= 15 is 0 Å². The highest BCUT2D eigenvalue weighted by Crippen LogP contribution is 2.40. The van der Waals surface area contributed by atoms with Crippen molar-refractivity contribution in [3.8, 4) is 28.6 Å². The molecule has 0 saturated heterocycles. The molecule has 0 aliphatic rings. The maximum Gasteiger partial charge on any atom is 0.234 e. The average molecular weight is 460 g/mol. The number of halogens is 1. The van der Waals surface area contributed by atoms with Gasteiger partial charge in [0.15, 0.2) is 17.3 Å². The molecular weight excluding hydrogens is 438 g/mol. The number of nitrogens with zero attached hydrogens (tertiary/aromatic N) is 2. The van der Waals surface area contributed by atoms with E-state index in [1.807, 2.05) is 31.2 Å². The number of anilines is 1. The number of hydrogen-bond donors (Lipinski definition) is 1. The zero-order chi connectivity index (χ0) is 22.4. The molecule has 0 aliphatic carbocycles. The van der Waals surface area contributed by atoms with E-state index in [1.165, 1.54) is 33.1 Å². The summed E-state index contributed by atoms with van der Waals surface area (Å²) in [6.07, 6.45) is 0. The van der Waals surface area contributed by atoms with Gasteiger partial charge >= 0.3 is 0 Å². The number of ether oxygens (including phenoxy) is 3. The summed E-state index contributed by atoms with van der Waals surface area (Å²) in [5, 5.41) is 4.15. The SMILES string of the molecule is COc1cc(NC(=O)CSc2cc(C)nc(-c3cccc(Cl)c3)n2)cc(OC)c1OC. The Morgan fingerprint density at radius 2 is 1.74 bits per heavy atom. The van der Waals surface area contributed by atoms with E-state index in [1.54, 1.807) is 18.2 Å². The molecule has 1 heterocycles. The molecule has 0 aliphatic heterocycles. The second kappa shape index (κ2) is 10.4. The smallest absolute Gasteiger partial charge is 0.234 e. The van der Waals surface area contributed by atoms with Gasteiger partial charge in [-0.05, 0) is 25.1 Å². The number of rotatable bonds is 8. The minimum absolute atomic E-state index is 0.169. The van der Waals surface area contributed by atoms with Gasteiger partial charge in [0.05, 0.1) is 27.1 Å². The standard InChI is InChI=1S/C22H22ClN3O4S/c1-13-8-20(26-22(24-13)14-6-5-7-15(23)9-14)31-12-19(27)25-16-10-17(28-2)21(30-4)18(11-16)29-3/h5-11H,12H2,1-4H3,(H,25,27). The third kappa shape index (κ3) is 5.80. The van der Waals surface area contributed by atoms with Gasteiger partial charge in [-0.25, -0.2) is 9.97 Å². The molecule has 3 aromatic rings. The van der Waals surface area contributed by atoms with Gasteiger partial charge in [-0.2, -0.15) is 0 Å². The zero-order valence-electron chi connectivity index (χ0n) is 17.6. The van der Waals surface area contributed by atoms with E-state index in [-0.39, 0.29) is 11.7 Å². The maximum absolute atomic E-state index is 12.5. The topological polar surface area (TPSA) is 82.6 Å². The predicted octanol–water partition coefficient (Wildman–Crippen LogP) is 4.86. The largest absolute Gasteiger partial charge is 0.493 e. The fraction of sp³-hybridized carbons (Fsp3) is 0.227. The first-order valence-corrected chi connectivity index (χ1v) is 10.6. The molecule has 0 saturated carbocycles. The highest BCUT2D eigenvalue weighted by molar-refractivity contribution is 7.99. The summed E-state index contributed by atoms with van der Waals surface area (Å²) in [7, 11) is 4.57. The van der Waals surface area contributed by atoms with Crippen LogP contribution in [-0.4, -0.2) is 43.0 Å². The van der Waals surface area contributed by atoms with Crippen molar-refractivity contribution >= 4 is 35.0 Å². The molecule has 3 rings (SSSR count). The number of nitrogens with one attached hydrogen (secondary N) is 1. The van der Waals surface area contributed by atoms with Gasteiger partial charge in [0, 0.05) is 34.1 Å². The van der Waals surface area contributed by atoms with Crippen LogP contribution < -0.4 is 19.5 Å². The van der Waals surface area contributed by atoms with E-state index in [2.05, 4.69) is 15.3 Å². The van der Waals surface area contributed by atoms with Crippen LogP contribution in [0.3, 0.4) is 0 Å². The molecule has 9 heteroatoms. The van der Waals surface area contributed by atoms with Crippen molar-refractivity contribution in [3.05, 3.63) is 53.2 Å². The molecule has 31 heavy (non-hydrogen) atoms. The molecule has 7 nitrogen and oxygen atoms in total. The summed E-state index contributed by atoms with van der Waals surface area (Å²) < 4.78 is 15.9. The third-order valence-corrected chi connectivity index (χ3v) is 5.36. The van der Waals surface area contributed by atoms with Crippen LogP contribution in [0.2, 0.25) is 5.02 Å². The molecule has 0 unspecified atom stereocenters. The van der Waals surface area contributed by atoms with Gasteiger partial charge in [0.1, 0.15) is 5.03 Å². The number of methoxy groups -OCH3 is 3. The fourth-order valence-corrected chi connectivity index (χ4v) is 3.81. The normalized spacial score (nSPS) is 10.5. The van der Waals surface area contributed by atoms with Gasteiger partial charge in [0.2, 0.25) is 11.7 Å². The molecule has 1 amide bonds. The van der Waals surface area contributed by atoms with E-state index in [9.17, 15) is 4.79 Å². The molecule has 0 spiro atoms. The minimum Gasteiger partial charge on any atom is -0.493 e. The lowest BCUT2D eigenvalue weighted by Crippen LogP contribution is -2.14. The number of hydrogen-bond acceptors (Lipinski definition) is 7. The fourth-order valence-electron chi connectivity index (χ4n) is 2.86. The summed E-state index contributed by atoms with van der Waals surface area (Å²) >= 11 is 7.40. The van der Waals surface area contributed by atoms with Crippen molar-refractivity contribution in [1.82, 2.24) is 9.97 Å². The lowest BCUT2D eigenvalue weighted by Gasteiger charge is -2.14. The number of carbonyl (C=O) groups excluding carboxylic acids is 1. The summed E-state index contributed by atoms with van der Waals surface area (Å²) in [5.41, 5.74) is 2.16. The van der Waals surface area contributed by atoms with E-state index in [0.717, 1.165) is 11.3 Å². The average Bonchev–Trinajstić information content (AvgIpc) is 2.76. The lowest BCUT2D eigenvalue weighted by atomic mass is 10.2. The quantitative estimate of drug-likeness (QED) is 0.380. The molecule has 0 atom stereocenters. The van der Waals surface area contributed by atoms with Crippen LogP contribution in [0.5, 0.6) is 17.2 Å². The van der Waals surface area contributed by atoms with E-state index in [0.29, 0.717) is 38.8 Å². The van der Waals surface area contributed by atoms with Gasteiger partial charge in [-0.1, -0.05) is 35.5 Å². The minimum atomic E-state index is -0.195. The van der Waals surface area contributed by atoms with E-state index < -0.39 is 0 Å². The maximum atomic E-state index is 12.5. The van der Waals surface area contributed by atoms with Gasteiger partial charge in [0.25, 0.3) is 0 Å². The highest BCUT2D eigenvalue weighted by atomic mass is 35.5. The third-order valence-electron chi connectivity index (χ3n) is 4.21. The molecule has 1 aromatic heterocycles. The molecular formula is C22H22ClN3O4S. The zero-order valence-corrected chi connectivity index (χ0v) is 19.1. The number of thioether (sulfide) groups is 1. The highest BCUT2D eigenvalue weighted by Gasteiger charge is 2.15. The number of amides is 1. The van der Waals surface area contributed by atoms with Crippen LogP contribution >= 0.6 is 23.4 Å². The Labute approximate surface area is 190 Å². The lowest BCUT2D eigenvalue weighted by molar-refractivity contribution is -0.113. The number of benzene rings is 2. The van der Waals surface area contributed by atoms with Crippen LogP contribution in [0.25, 0.3) is 11.4 Å². The molecule has 0 radical (unpaired) electrons. The van der Waals surface area contributed by atoms with Crippen LogP contribution in [-0.2, 0) is 4.79 Å². The van der Waals surface area contributed by atoms with Crippen molar-refractivity contribution < 1.29 is 19.0 Å². The van der Waals surface area contributed by atoms with Gasteiger partial charge in [-0.15, -0.1) is 0 Å². The Bertz CT molecular complexity index is 1070. The Kier molecular flexibility index (Phi) is 7.59. The van der Waals surface area contributed by atoms with Gasteiger partial charge in [-0.3, -0.25) is 4.79 Å². The van der Waals surface area contributed by atoms with Crippen LogP contribution in [0.1, 0.15) is 5.69 Å². The Morgan fingerprint density at radius 3 is 2.35 bits per heavy atom. The van der Waals surface area contributed by atoms with Crippen molar-refractivity contribution in [3.63, 3.8) is 0 Å². The van der Waals surface area contributed by atoms with E-state index in [4.69, 9.17) is 25.8 Å². The first-order chi connectivity index (χ1) is 14.9. The number of aryl methyl sites for hydroxylation is 1. The summed E-state index contributed by atoms with van der Waals surface area (Å²) in [4.78, 5) is 21.5. The molecule has 162 valence electrons.